The highest BCUT2D eigenvalue weighted by Gasteiger charge is 2.47. The van der Waals surface area contributed by atoms with Crippen molar-refractivity contribution in [3.63, 3.8) is 0 Å². The molecule has 2 heterocycles. The molecule has 0 bridgehead atoms. The lowest BCUT2D eigenvalue weighted by Gasteiger charge is -2.37. The van der Waals surface area contributed by atoms with Gasteiger partial charge < -0.3 is 10.2 Å². The summed E-state index contributed by atoms with van der Waals surface area (Å²) < 4.78 is 0. The highest BCUT2D eigenvalue weighted by Crippen LogP contribution is 2.41. The third kappa shape index (κ3) is 4.23. The van der Waals surface area contributed by atoms with Crippen LogP contribution >= 0.6 is 11.8 Å². The number of thioether (sulfide) groups is 1. The molecule has 2 aromatic carbocycles. The van der Waals surface area contributed by atoms with Gasteiger partial charge in [-0.1, -0.05) is 72.4 Å². The SMILES string of the molecule is CN1C(=O)C2C=C(C(=O)NCCC(c3ccccc3)c3ccccc3)SC2N(C)C1=O. The third-order valence-electron chi connectivity index (χ3n) is 5.82. The Balaban J connectivity index is 1.41. The Kier molecular flexibility index (Phi) is 6.13. The van der Waals surface area contributed by atoms with E-state index in [4.69, 9.17) is 0 Å². The lowest BCUT2D eigenvalue weighted by Crippen LogP contribution is -2.56. The van der Waals surface area contributed by atoms with Crippen LogP contribution in [-0.4, -0.2) is 53.7 Å². The number of rotatable bonds is 6. The van der Waals surface area contributed by atoms with E-state index in [1.165, 1.54) is 34.8 Å². The molecule has 0 spiro atoms. The molecule has 0 aliphatic carbocycles. The molecule has 6 nitrogen and oxygen atoms in total. The molecule has 0 saturated carbocycles. The van der Waals surface area contributed by atoms with Crippen LogP contribution in [0.4, 0.5) is 4.79 Å². The van der Waals surface area contributed by atoms with Gasteiger partial charge in [0, 0.05) is 26.6 Å². The summed E-state index contributed by atoms with van der Waals surface area (Å²) in [6, 6.07) is 20.2. The van der Waals surface area contributed by atoms with Gasteiger partial charge in [-0.25, -0.2) is 4.79 Å². The van der Waals surface area contributed by atoms with Gasteiger partial charge in [-0.15, -0.1) is 0 Å². The molecule has 2 aromatic rings. The normalized spacial score (nSPS) is 20.7. The van der Waals surface area contributed by atoms with Gasteiger partial charge in [-0.05, 0) is 23.6 Å². The second-order valence-corrected chi connectivity index (χ2v) is 8.93. The van der Waals surface area contributed by atoms with E-state index in [1.807, 2.05) is 36.4 Å². The summed E-state index contributed by atoms with van der Waals surface area (Å²) in [6.45, 7) is 0.503. The number of imide groups is 1. The van der Waals surface area contributed by atoms with Gasteiger partial charge in [0.25, 0.3) is 5.91 Å². The fourth-order valence-corrected chi connectivity index (χ4v) is 5.36. The minimum atomic E-state index is -0.486. The van der Waals surface area contributed by atoms with E-state index in [0.29, 0.717) is 11.4 Å². The number of hydrogen-bond donors (Lipinski definition) is 1. The molecular formula is C24H25N3O3S. The maximum Gasteiger partial charge on any atom is 0.327 e. The van der Waals surface area contributed by atoms with Crippen molar-refractivity contribution in [1.82, 2.24) is 15.1 Å². The fraction of sp³-hybridized carbons (Fsp3) is 0.292. The molecule has 1 fully saturated rings. The highest BCUT2D eigenvalue weighted by atomic mass is 32.2. The molecule has 7 heteroatoms. The molecule has 4 rings (SSSR count). The third-order valence-corrected chi connectivity index (χ3v) is 7.24. The summed E-state index contributed by atoms with van der Waals surface area (Å²) in [5.41, 5.74) is 2.41. The highest BCUT2D eigenvalue weighted by molar-refractivity contribution is 8.04. The molecular weight excluding hydrogens is 410 g/mol. The quantitative estimate of drug-likeness (QED) is 0.755. The molecule has 2 aliphatic heterocycles. The minimum Gasteiger partial charge on any atom is -0.352 e. The van der Waals surface area contributed by atoms with Gasteiger partial charge >= 0.3 is 6.03 Å². The van der Waals surface area contributed by atoms with E-state index >= 15 is 0 Å². The topological polar surface area (TPSA) is 69.7 Å². The molecule has 4 amide bonds. The summed E-state index contributed by atoms with van der Waals surface area (Å²) in [5, 5.41) is 2.64. The van der Waals surface area contributed by atoms with Gasteiger partial charge in [0.1, 0.15) is 0 Å². The van der Waals surface area contributed by atoms with Crippen molar-refractivity contribution in [2.24, 2.45) is 5.92 Å². The number of benzene rings is 2. The van der Waals surface area contributed by atoms with Gasteiger partial charge in [-0.2, -0.15) is 0 Å². The van der Waals surface area contributed by atoms with Crippen LogP contribution in [0.1, 0.15) is 23.5 Å². The average molecular weight is 436 g/mol. The Bertz CT molecular complexity index is 970. The number of fused-ring (bicyclic) bond motifs is 1. The zero-order valence-corrected chi connectivity index (χ0v) is 18.3. The molecule has 31 heavy (non-hydrogen) atoms. The standard InChI is InChI=1S/C24H25N3O3S/c1-26-22(29)19-15-20(31-23(19)27(2)24(26)30)21(28)25-14-13-18(16-9-5-3-6-10-16)17-11-7-4-8-12-17/h3-12,15,18-19,23H,13-14H2,1-2H3,(H,25,28). The van der Waals surface area contributed by atoms with E-state index in [1.54, 1.807) is 13.1 Å². The van der Waals surface area contributed by atoms with Crippen molar-refractivity contribution < 1.29 is 14.4 Å². The average Bonchev–Trinajstić information content (AvgIpc) is 3.26. The molecule has 1 saturated heterocycles. The zero-order chi connectivity index (χ0) is 22.0. The van der Waals surface area contributed by atoms with E-state index in [0.717, 1.165) is 11.3 Å². The second kappa shape index (κ2) is 8.98. The summed E-state index contributed by atoms with van der Waals surface area (Å²) in [4.78, 5) is 40.5. The molecule has 2 aliphatic rings. The predicted octanol–water partition coefficient (Wildman–Crippen LogP) is 3.42. The van der Waals surface area contributed by atoms with Crippen LogP contribution in [0, 0.1) is 5.92 Å². The van der Waals surface area contributed by atoms with Crippen molar-refractivity contribution in [3.8, 4) is 0 Å². The Hall–Kier alpha value is -3.06. The van der Waals surface area contributed by atoms with Gasteiger partial charge in [-0.3, -0.25) is 14.5 Å². The Morgan fingerprint density at radius 1 is 1.00 bits per heavy atom. The van der Waals surface area contributed by atoms with Crippen molar-refractivity contribution in [2.45, 2.75) is 17.7 Å². The smallest absolute Gasteiger partial charge is 0.327 e. The number of amides is 4. The van der Waals surface area contributed by atoms with Gasteiger partial charge in [0.2, 0.25) is 5.91 Å². The monoisotopic (exact) mass is 435 g/mol. The first-order chi connectivity index (χ1) is 15.0. The zero-order valence-electron chi connectivity index (χ0n) is 17.5. The van der Waals surface area contributed by atoms with E-state index < -0.39 is 5.92 Å². The summed E-state index contributed by atoms with van der Waals surface area (Å²) >= 11 is 1.28. The molecule has 1 N–H and O–H groups in total. The maximum atomic E-state index is 12.8. The number of carbonyl (C=O) groups excluding carboxylic acids is 3. The molecule has 2 atom stereocenters. The first kappa shape index (κ1) is 21.2. The van der Waals surface area contributed by atoms with E-state index in [9.17, 15) is 14.4 Å². The maximum absolute atomic E-state index is 12.8. The molecule has 2 unspecified atom stereocenters. The van der Waals surface area contributed by atoms with Crippen molar-refractivity contribution in [3.05, 3.63) is 82.8 Å². The van der Waals surface area contributed by atoms with Crippen molar-refractivity contribution in [1.29, 1.82) is 0 Å². The van der Waals surface area contributed by atoms with Crippen LogP contribution < -0.4 is 5.32 Å². The van der Waals surface area contributed by atoms with Crippen LogP contribution in [0.25, 0.3) is 0 Å². The summed E-state index contributed by atoms with van der Waals surface area (Å²) in [7, 11) is 3.14. The first-order valence-corrected chi connectivity index (χ1v) is 11.2. The minimum absolute atomic E-state index is 0.175. The van der Waals surface area contributed by atoms with E-state index in [2.05, 4.69) is 29.6 Å². The lowest BCUT2D eigenvalue weighted by atomic mass is 9.88. The summed E-state index contributed by atoms with van der Waals surface area (Å²) in [5.74, 6) is -0.776. The predicted molar refractivity (Wildman–Crippen MR) is 121 cm³/mol. The molecule has 0 radical (unpaired) electrons. The molecule has 0 aromatic heterocycles. The van der Waals surface area contributed by atoms with Crippen molar-refractivity contribution in [2.75, 3.05) is 20.6 Å². The van der Waals surface area contributed by atoms with Crippen LogP contribution in [-0.2, 0) is 9.59 Å². The molecule has 160 valence electrons. The summed E-state index contributed by atoms with van der Waals surface area (Å²) in [6.07, 6.45) is 2.45. The largest absolute Gasteiger partial charge is 0.352 e. The van der Waals surface area contributed by atoms with Crippen molar-refractivity contribution >= 4 is 29.6 Å². The number of nitrogens with one attached hydrogen (secondary N) is 1. The Morgan fingerprint density at radius 2 is 1.58 bits per heavy atom. The van der Waals surface area contributed by atoms with Gasteiger partial charge in [0.05, 0.1) is 16.2 Å². The Labute approximate surface area is 186 Å². The second-order valence-electron chi connectivity index (χ2n) is 7.77. The number of nitrogens with zero attached hydrogens (tertiary/aromatic N) is 2. The number of hydrogen-bond acceptors (Lipinski definition) is 4. The number of urea groups is 1. The van der Waals surface area contributed by atoms with Crippen LogP contribution in [0.3, 0.4) is 0 Å². The van der Waals surface area contributed by atoms with Crippen LogP contribution in [0.2, 0.25) is 0 Å². The van der Waals surface area contributed by atoms with Crippen LogP contribution in [0.5, 0.6) is 0 Å². The number of carbonyl (C=O) groups is 3. The fourth-order valence-electron chi connectivity index (χ4n) is 4.11. The lowest BCUT2D eigenvalue weighted by molar-refractivity contribution is -0.133. The van der Waals surface area contributed by atoms with Crippen LogP contribution in [0.15, 0.2) is 71.6 Å². The van der Waals surface area contributed by atoms with Gasteiger partial charge in [0.15, 0.2) is 0 Å². The first-order valence-electron chi connectivity index (χ1n) is 10.3. The Morgan fingerprint density at radius 3 is 2.16 bits per heavy atom. The van der Waals surface area contributed by atoms with E-state index in [-0.39, 0.29) is 29.1 Å².